The van der Waals surface area contributed by atoms with Crippen LogP contribution in [0.5, 0.6) is 0 Å². The maximum absolute atomic E-state index is 13.3. The molecular formula is C6H3Br2F9. The van der Waals surface area contributed by atoms with Crippen molar-refractivity contribution < 1.29 is 39.5 Å². The summed E-state index contributed by atoms with van der Waals surface area (Å²) in [5.41, 5.74) is -5.76. The zero-order chi connectivity index (χ0) is 14.3. The highest BCUT2D eigenvalue weighted by atomic mass is 79.9. The predicted molar refractivity (Wildman–Crippen MR) is 47.4 cm³/mol. The average Bonchev–Trinajstić information content (AvgIpc) is 2.11. The lowest BCUT2D eigenvalue weighted by atomic mass is 9.93. The smallest absolute Gasteiger partial charge is 0.225 e. The van der Waals surface area contributed by atoms with Crippen molar-refractivity contribution in [3.63, 3.8) is 0 Å². The molecule has 0 nitrogen and oxygen atoms in total. The van der Waals surface area contributed by atoms with E-state index < -0.39 is 34.1 Å². The molecule has 0 bridgehead atoms. The average molecular weight is 406 g/mol. The van der Waals surface area contributed by atoms with Crippen molar-refractivity contribution >= 4 is 31.9 Å². The molecule has 2 unspecified atom stereocenters. The highest BCUT2D eigenvalue weighted by molar-refractivity contribution is 9.12. The van der Waals surface area contributed by atoms with Gasteiger partial charge in [0, 0.05) is 5.33 Å². The summed E-state index contributed by atoms with van der Waals surface area (Å²) in [6.45, 7) is 0. The topological polar surface area (TPSA) is 0 Å². The Hall–Kier alpha value is 0.330. The van der Waals surface area contributed by atoms with Crippen molar-refractivity contribution in [2.75, 3.05) is 5.33 Å². The molecule has 0 aliphatic carbocycles. The molecular weight excluding hydrogens is 403 g/mol. The van der Waals surface area contributed by atoms with Gasteiger partial charge in [0.05, 0.1) is 4.83 Å². The Bertz CT molecular complexity index is 270. The van der Waals surface area contributed by atoms with Crippen LogP contribution in [0, 0.1) is 0 Å². The first kappa shape index (κ1) is 17.3. The molecule has 0 aromatic rings. The second kappa shape index (κ2) is 4.78. The van der Waals surface area contributed by atoms with E-state index in [1.54, 1.807) is 0 Å². The van der Waals surface area contributed by atoms with Gasteiger partial charge in [0.15, 0.2) is 0 Å². The largest absolute Gasteiger partial charge is 0.457 e. The number of hydrogen-bond donors (Lipinski definition) is 0. The van der Waals surface area contributed by atoms with Crippen LogP contribution in [0.2, 0.25) is 0 Å². The standard InChI is InChI=1S/C6H3Br2F9/c7-1-2(8)3(9,5(12,13)14)4(10,11)6(15,16)17/h2H,1H2. The molecule has 0 rings (SSSR count). The van der Waals surface area contributed by atoms with Gasteiger partial charge in [0.1, 0.15) is 0 Å². The molecule has 0 heterocycles. The quantitative estimate of drug-likeness (QED) is 0.475. The Morgan fingerprint density at radius 2 is 1.12 bits per heavy atom. The maximum Gasteiger partial charge on any atom is 0.457 e. The third-order valence-corrected chi connectivity index (χ3v) is 4.26. The van der Waals surface area contributed by atoms with E-state index in [0.29, 0.717) is 0 Å². The van der Waals surface area contributed by atoms with Crippen LogP contribution >= 0.6 is 31.9 Å². The summed E-state index contributed by atoms with van der Waals surface area (Å²) in [6, 6.07) is 0. The summed E-state index contributed by atoms with van der Waals surface area (Å²) in [7, 11) is 0. The Balaban J connectivity index is 5.83. The van der Waals surface area contributed by atoms with Crippen molar-refractivity contribution in [1.82, 2.24) is 0 Å². The maximum atomic E-state index is 13.3. The minimum absolute atomic E-state index is 1.09. The number of hydrogen-bond acceptors (Lipinski definition) is 0. The van der Waals surface area contributed by atoms with E-state index in [2.05, 4.69) is 15.9 Å². The molecule has 0 saturated carbocycles. The lowest BCUT2D eigenvalue weighted by Crippen LogP contribution is -2.66. The summed E-state index contributed by atoms with van der Waals surface area (Å²) >= 11 is 4.06. The first-order valence-electron chi connectivity index (χ1n) is 3.63. The van der Waals surface area contributed by atoms with Gasteiger partial charge in [-0.2, -0.15) is 35.1 Å². The Kier molecular flexibility index (Phi) is 4.87. The van der Waals surface area contributed by atoms with Crippen LogP contribution < -0.4 is 0 Å². The highest BCUT2D eigenvalue weighted by Gasteiger charge is 2.82. The first-order valence-corrected chi connectivity index (χ1v) is 5.67. The van der Waals surface area contributed by atoms with Gasteiger partial charge in [0.25, 0.3) is 5.67 Å². The van der Waals surface area contributed by atoms with Gasteiger partial charge in [-0.3, -0.25) is 0 Å². The second-order valence-electron chi connectivity index (χ2n) is 2.90. The van der Waals surface area contributed by atoms with Crippen LogP contribution in [0.15, 0.2) is 0 Å². The van der Waals surface area contributed by atoms with Crippen LogP contribution in [0.25, 0.3) is 0 Å². The fraction of sp³-hybridized carbons (Fsp3) is 1.00. The molecule has 0 aliphatic rings. The van der Waals surface area contributed by atoms with Crippen molar-refractivity contribution in [3.05, 3.63) is 0 Å². The molecule has 104 valence electrons. The number of rotatable bonds is 3. The molecule has 0 N–H and O–H groups in total. The second-order valence-corrected chi connectivity index (χ2v) is 4.66. The van der Waals surface area contributed by atoms with Gasteiger partial charge < -0.3 is 0 Å². The summed E-state index contributed by atoms with van der Waals surface area (Å²) in [5, 5.41) is -1.09. The molecule has 17 heavy (non-hydrogen) atoms. The molecule has 2 atom stereocenters. The fourth-order valence-corrected chi connectivity index (χ4v) is 1.86. The summed E-state index contributed by atoms with van der Waals surface area (Å²) in [5.74, 6) is -6.57. The van der Waals surface area contributed by atoms with E-state index in [0.717, 1.165) is 0 Å². The zero-order valence-corrected chi connectivity index (χ0v) is 10.6. The highest BCUT2D eigenvalue weighted by Crippen LogP contribution is 2.56. The Morgan fingerprint density at radius 3 is 1.29 bits per heavy atom. The number of alkyl halides is 11. The van der Waals surface area contributed by atoms with Crippen LogP contribution in [0.4, 0.5) is 39.5 Å². The van der Waals surface area contributed by atoms with E-state index in [9.17, 15) is 39.5 Å². The summed E-state index contributed by atoms with van der Waals surface area (Å²) in [4.78, 5) is -2.80. The number of halogens is 11. The molecule has 0 aromatic heterocycles. The van der Waals surface area contributed by atoms with Crippen molar-refractivity contribution in [2.45, 2.75) is 28.8 Å². The van der Waals surface area contributed by atoms with Crippen molar-refractivity contribution in [1.29, 1.82) is 0 Å². The van der Waals surface area contributed by atoms with Gasteiger partial charge in [-0.15, -0.1) is 0 Å². The Morgan fingerprint density at radius 1 is 0.765 bits per heavy atom. The van der Waals surface area contributed by atoms with E-state index in [1.807, 2.05) is 15.9 Å². The molecule has 0 aliphatic heterocycles. The van der Waals surface area contributed by atoms with E-state index in [1.165, 1.54) is 0 Å². The molecule has 0 radical (unpaired) electrons. The minimum atomic E-state index is -6.66. The molecule has 11 heteroatoms. The van der Waals surface area contributed by atoms with Crippen molar-refractivity contribution in [2.24, 2.45) is 0 Å². The van der Waals surface area contributed by atoms with Crippen molar-refractivity contribution in [3.8, 4) is 0 Å². The van der Waals surface area contributed by atoms with Crippen LogP contribution in [0.1, 0.15) is 0 Å². The van der Waals surface area contributed by atoms with Gasteiger partial charge in [-0.1, -0.05) is 31.9 Å². The van der Waals surface area contributed by atoms with Gasteiger partial charge in [-0.25, -0.2) is 4.39 Å². The molecule has 0 spiro atoms. The van der Waals surface area contributed by atoms with Crippen LogP contribution in [-0.2, 0) is 0 Å². The first-order chi connectivity index (χ1) is 7.23. The monoisotopic (exact) mass is 404 g/mol. The van der Waals surface area contributed by atoms with E-state index in [4.69, 9.17) is 0 Å². The summed E-state index contributed by atoms with van der Waals surface area (Å²) in [6.07, 6.45) is -13.1. The predicted octanol–water partition coefficient (Wildman–Crippen LogP) is 4.61. The molecule has 0 fully saturated rings. The lowest BCUT2D eigenvalue weighted by molar-refractivity contribution is -0.381. The zero-order valence-electron chi connectivity index (χ0n) is 7.44. The SMILES string of the molecule is FC(F)(F)C(F)(F)C(F)(C(Br)CBr)C(F)(F)F. The van der Waals surface area contributed by atoms with Gasteiger partial charge in [0.2, 0.25) is 0 Å². The fourth-order valence-electron chi connectivity index (χ4n) is 0.865. The summed E-state index contributed by atoms with van der Waals surface area (Å²) < 4.78 is 111. The lowest BCUT2D eigenvalue weighted by Gasteiger charge is -2.38. The molecule has 0 amide bonds. The van der Waals surface area contributed by atoms with Gasteiger partial charge >= 0.3 is 18.3 Å². The normalized spacial score (nSPS) is 19.9. The Labute approximate surface area is 106 Å². The third kappa shape index (κ3) is 2.69. The van der Waals surface area contributed by atoms with Gasteiger partial charge in [-0.05, 0) is 0 Å². The van der Waals surface area contributed by atoms with E-state index in [-0.39, 0.29) is 0 Å². The van der Waals surface area contributed by atoms with Crippen LogP contribution in [-0.4, -0.2) is 34.1 Å². The van der Waals surface area contributed by atoms with Crippen LogP contribution in [0.3, 0.4) is 0 Å². The minimum Gasteiger partial charge on any atom is -0.225 e. The van der Waals surface area contributed by atoms with E-state index >= 15 is 0 Å². The third-order valence-electron chi connectivity index (χ3n) is 1.79. The molecule has 0 saturated heterocycles. The molecule has 0 aromatic carbocycles.